The molecule has 0 unspecified atom stereocenters. The molecule has 1 heteroatoms. The molecule has 1 aromatic rings. The van der Waals surface area contributed by atoms with Gasteiger partial charge in [-0.1, -0.05) is 49.9 Å². The number of likely N-dealkylation sites (tertiary alicyclic amines) is 1. The van der Waals surface area contributed by atoms with E-state index in [2.05, 4.69) is 36.2 Å². The number of aryl methyl sites for hydroxylation is 1. The summed E-state index contributed by atoms with van der Waals surface area (Å²) in [6.07, 6.45) is 13.2. The minimum Gasteiger partial charge on any atom is -0.306 e. The minimum absolute atomic E-state index is 0.545. The highest BCUT2D eigenvalue weighted by atomic mass is 15.1. The molecule has 1 spiro atoms. The van der Waals surface area contributed by atoms with Crippen LogP contribution in [0, 0.1) is 11.8 Å². The Morgan fingerprint density at radius 1 is 0.909 bits per heavy atom. The average Bonchev–Trinajstić information content (AvgIpc) is 3.28. The van der Waals surface area contributed by atoms with E-state index in [1.54, 1.807) is 43.2 Å². The molecular formula is C21H31N. The summed E-state index contributed by atoms with van der Waals surface area (Å²) in [5.74, 6) is 2.34. The van der Waals surface area contributed by atoms with Crippen LogP contribution in [0.2, 0.25) is 0 Å². The summed E-state index contributed by atoms with van der Waals surface area (Å²) in [4.78, 5) is 2.46. The van der Waals surface area contributed by atoms with E-state index in [4.69, 9.17) is 0 Å². The molecule has 1 aliphatic heterocycles. The van der Waals surface area contributed by atoms with Crippen LogP contribution in [-0.4, -0.2) is 25.0 Å². The fraction of sp³-hybridized carbons (Fsp3) is 0.714. The Morgan fingerprint density at radius 2 is 1.55 bits per heavy atom. The molecule has 1 nitrogen and oxygen atoms in total. The number of rotatable bonds is 0. The van der Waals surface area contributed by atoms with Crippen molar-refractivity contribution in [2.24, 2.45) is 11.8 Å². The van der Waals surface area contributed by atoms with Gasteiger partial charge in [0.05, 0.1) is 0 Å². The largest absolute Gasteiger partial charge is 0.306 e. The molecule has 0 atom stereocenters. The highest BCUT2D eigenvalue weighted by Gasteiger charge is 2.40. The second kappa shape index (κ2) is 6.00. The van der Waals surface area contributed by atoms with Crippen LogP contribution in [-0.2, 0) is 11.8 Å². The lowest BCUT2D eigenvalue weighted by Crippen LogP contribution is -2.39. The van der Waals surface area contributed by atoms with E-state index >= 15 is 0 Å². The first-order chi connectivity index (χ1) is 10.8. The van der Waals surface area contributed by atoms with Crippen LogP contribution in [0.4, 0.5) is 0 Å². The lowest BCUT2D eigenvalue weighted by Gasteiger charge is -2.38. The number of fused-ring (bicyclic) bond motifs is 4. The lowest BCUT2D eigenvalue weighted by atomic mass is 9.74. The van der Waals surface area contributed by atoms with Gasteiger partial charge in [-0.15, -0.1) is 0 Å². The van der Waals surface area contributed by atoms with Crippen molar-refractivity contribution in [1.29, 1.82) is 0 Å². The quantitative estimate of drug-likeness (QED) is 0.665. The van der Waals surface area contributed by atoms with Gasteiger partial charge < -0.3 is 4.90 Å². The second-order valence-electron chi connectivity index (χ2n) is 8.36. The molecule has 0 N–H and O–H groups in total. The van der Waals surface area contributed by atoms with Gasteiger partial charge in [-0.3, -0.25) is 0 Å². The summed E-state index contributed by atoms with van der Waals surface area (Å²) in [5.41, 5.74) is 3.82. The molecule has 1 heterocycles. The average molecular weight is 297 g/mol. The maximum atomic E-state index is 2.46. The Balaban J connectivity index is 0.000000148. The number of piperidine rings is 1. The van der Waals surface area contributed by atoms with Crippen molar-refractivity contribution in [2.75, 3.05) is 20.1 Å². The van der Waals surface area contributed by atoms with Crippen LogP contribution in [0.25, 0.3) is 0 Å². The summed E-state index contributed by atoms with van der Waals surface area (Å²) in [6, 6.07) is 9.09. The topological polar surface area (TPSA) is 3.24 Å². The molecular weight excluding hydrogens is 266 g/mol. The fourth-order valence-electron chi connectivity index (χ4n) is 5.50. The zero-order valence-corrected chi connectivity index (χ0v) is 14.2. The lowest BCUT2D eigenvalue weighted by molar-refractivity contribution is 0.187. The van der Waals surface area contributed by atoms with E-state index in [0.717, 1.165) is 0 Å². The van der Waals surface area contributed by atoms with Crippen molar-refractivity contribution in [3.8, 4) is 0 Å². The van der Waals surface area contributed by atoms with E-state index < -0.39 is 0 Å². The number of hydrogen-bond acceptors (Lipinski definition) is 1. The first-order valence-electron chi connectivity index (χ1n) is 9.52. The third-order valence-corrected chi connectivity index (χ3v) is 7.04. The van der Waals surface area contributed by atoms with Crippen LogP contribution in [0.3, 0.4) is 0 Å². The molecule has 2 bridgehead atoms. The molecule has 0 radical (unpaired) electrons. The van der Waals surface area contributed by atoms with Gasteiger partial charge in [-0.05, 0) is 80.6 Å². The Morgan fingerprint density at radius 3 is 2.14 bits per heavy atom. The molecule has 4 aliphatic rings. The second-order valence-corrected chi connectivity index (χ2v) is 8.36. The highest BCUT2D eigenvalue weighted by Crippen LogP contribution is 2.46. The van der Waals surface area contributed by atoms with E-state index in [-0.39, 0.29) is 0 Å². The highest BCUT2D eigenvalue weighted by molar-refractivity contribution is 5.39. The van der Waals surface area contributed by atoms with E-state index in [9.17, 15) is 0 Å². The van der Waals surface area contributed by atoms with Crippen molar-refractivity contribution in [1.82, 2.24) is 4.90 Å². The normalized spacial score (nSPS) is 31.9. The smallest absolute Gasteiger partial charge is 0.00133 e. The standard InChI is InChI=1S/C14H19N.C7H12/c1-15-10-8-14(9-11-15)7-6-12-4-2-3-5-13(12)14;1-2-7-4-3-6(1)5-7/h2-5H,6-11H2,1H3;6-7H,1-5H2. The van der Waals surface area contributed by atoms with Gasteiger partial charge in [0.25, 0.3) is 0 Å². The molecule has 3 fully saturated rings. The monoisotopic (exact) mass is 297 g/mol. The molecule has 120 valence electrons. The number of nitrogens with zero attached hydrogens (tertiary/aromatic N) is 1. The first kappa shape index (κ1) is 14.8. The molecule has 3 aliphatic carbocycles. The van der Waals surface area contributed by atoms with Crippen molar-refractivity contribution in [3.63, 3.8) is 0 Å². The zero-order chi connectivity index (χ0) is 15.0. The van der Waals surface area contributed by atoms with Crippen molar-refractivity contribution in [3.05, 3.63) is 35.4 Å². The van der Waals surface area contributed by atoms with E-state index in [1.165, 1.54) is 50.6 Å². The van der Waals surface area contributed by atoms with Gasteiger partial charge in [-0.2, -0.15) is 0 Å². The van der Waals surface area contributed by atoms with Crippen LogP contribution in [0.1, 0.15) is 62.5 Å². The summed E-state index contributed by atoms with van der Waals surface area (Å²) in [6.45, 7) is 2.54. The van der Waals surface area contributed by atoms with Gasteiger partial charge in [0, 0.05) is 0 Å². The van der Waals surface area contributed by atoms with Gasteiger partial charge in [0.15, 0.2) is 0 Å². The van der Waals surface area contributed by atoms with Gasteiger partial charge >= 0.3 is 0 Å². The minimum atomic E-state index is 0.545. The van der Waals surface area contributed by atoms with E-state index in [1.807, 2.05) is 0 Å². The fourth-order valence-corrected chi connectivity index (χ4v) is 5.50. The van der Waals surface area contributed by atoms with Crippen molar-refractivity contribution < 1.29 is 0 Å². The summed E-state index contributed by atoms with van der Waals surface area (Å²) in [5, 5.41) is 0. The molecule has 1 aromatic carbocycles. The van der Waals surface area contributed by atoms with Crippen LogP contribution >= 0.6 is 0 Å². The Labute approximate surface area is 136 Å². The SMILES string of the molecule is C1CC2CCC1C2.CN1CCC2(CCc3ccccc32)CC1. The molecule has 22 heavy (non-hydrogen) atoms. The van der Waals surface area contributed by atoms with Gasteiger partial charge in [0.1, 0.15) is 0 Å². The molecule has 0 amide bonds. The number of hydrogen-bond donors (Lipinski definition) is 0. The molecule has 1 saturated heterocycles. The van der Waals surface area contributed by atoms with Crippen LogP contribution in [0.15, 0.2) is 24.3 Å². The third-order valence-electron chi connectivity index (χ3n) is 7.04. The third kappa shape index (κ3) is 2.73. The Bertz CT molecular complexity index is 494. The molecule has 5 rings (SSSR count). The summed E-state index contributed by atoms with van der Waals surface area (Å²) < 4.78 is 0. The van der Waals surface area contributed by atoms with Gasteiger partial charge in [0.2, 0.25) is 0 Å². The molecule has 0 aromatic heterocycles. The zero-order valence-electron chi connectivity index (χ0n) is 14.2. The maximum absolute atomic E-state index is 2.46. The van der Waals surface area contributed by atoms with Crippen molar-refractivity contribution in [2.45, 2.75) is 63.2 Å². The predicted octanol–water partition coefficient (Wildman–Crippen LogP) is 4.79. The summed E-state index contributed by atoms with van der Waals surface area (Å²) in [7, 11) is 2.24. The number of benzene rings is 1. The maximum Gasteiger partial charge on any atom is -0.00133 e. The Kier molecular flexibility index (Phi) is 4.02. The van der Waals surface area contributed by atoms with Crippen LogP contribution < -0.4 is 0 Å². The van der Waals surface area contributed by atoms with Crippen LogP contribution in [0.5, 0.6) is 0 Å². The Hall–Kier alpha value is -0.820. The van der Waals surface area contributed by atoms with E-state index in [0.29, 0.717) is 5.41 Å². The van der Waals surface area contributed by atoms with Gasteiger partial charge in [-0.25, -0.2) is 0 Å². The predicted molar refractivity (Wildman–Crippen MR) is 93.2 cm³/mol. The summed E-state index contributed by atoms with van der Waals surface area (Å²) >= 11 is 0. The molecule has 2 saturated carbocycles. The first-order valence-corrected chi connectivity index (χ1v) is 9.52. The van der Waals surface area contributed by atoms with Crippen molar-refractivity contribution >= 4 is 0 Å².